The van der Waals surface area contributed by atoms with Crippen LogP contribution >= 0.6 is 11.3 Å². The topological polar surface area (TPSA) is 34.1 Å². The van der Waals surface area contributed by atoms with Crippen molar-refractivity contribution in [1.29, 1.82) is 0 Å². The van der Waals surface area contributed by atoms with Gasteiger partial charge in [-0.05, 0) is 13.0 Å². The van der Waals surface area contributed by atoms with Crippen LogP contribution in [-0.2, 0) is 4.74 Å². The van der Waals surface area contributed by atoms with E-state index in [0.29, 0.717) is 6.04 Å². The molecule has 0 aliphatic carbocycles. The molecule has 1 N–H and O–H groups in total. The van der Waals surface area contributed by atoms with E-state index < -0.39 is 0 Å². The van der Waals surface area contributed by atoms with Crippen LogP contribution in [0.3, 0.4) is 0 Å². The van der Waals surface area contributed by atoms with Crippen LogP contribution in [0.2, 0.25) is 0 Å². The second-order valence-corrected chi connectivity index (χ2v) is 3.57. The van der Waals surface area contributed by atoms with Crippen LogP contribution in [-0.4, -0.2) is 24.7 Å². The Morgan fingerprint density at radius 1 is 1.67 bits per heavy atom. The Balaban J connectivity index is 2.02. The maximum atomic E-state index is 5.43. The molecule has 1 aromatic heterocycles. The highest BCUT2D eigenvalue weighted by atomic mass is 32.1. The lowest BCUT2D eigenvalue weighted by Gasteiger charge is -2.11. The highest BCUT2D eigenvalue weighted by Gasteiger charge is 2.14. The molecule has 12 heavy (non-hydrogen) atoms. The van der Waals surface area contributed by atoms with Gasteiger partial charge >= 0.3 is 0 Å². The van der Waals surface area contributed by atoms with E-state index in [1.165, 1.54) is 0 Å². The quantitative estimate of drug-likeness (QED) is 0.712. The lowest BCUT2D eigenvalue weighted by Crippen LogP contribution is -2.23. The monoisotopic (exact) mass is 184 g/mol. The minimum absolute atomic E-state index is 0.304. The Morgan fingerprint density at radius 3 is 3.50 bits per heavy atom. The fourth-order valence-corrected chi connectivity index (χ4v) is 1.90. The van der Waals surface area contributed by atoms with E-state index in [-0.39, 0.29) is 0 Å². The molecule has 0 amide bonds. The van der Waals surface area contributed by atoms with Crippen LogP contribution in [0.5, 0.6) is 0 Å². The van der Waals surface area contributed by atoms with Gasteiger partial charge in [-0.15, -0.1) is 11.3 Å². The number of hydrogen-bond donors (Lipinski definition) is 1. The van der Waals surface area contributed by atoms with E-state index in [0.717, 1.165) is 31.9 Å². The van der Waals surface area contributed by atoms with Gasteiger partial charge in [0.15, 0.2) is 0 Å². The van der Waals surface area contributed by atoms with Crippen LogP contribution in [0, 0.1) is 0 Å². The Morgan fingerprint density at radius 2 is 2.67 bits per heavy atom. The molecule has 0 bridgehead atoms. The van der Waals surface area contributed by atoms with Crippen molar-refractivity contribution in [2.24, 2.45) is 0 Å². The van der Waals surface area contributed by atoms with Crippen molar-refractivity contribution in [1.82, 2.24) is 10.3 Å². The third kappa shape index (κ3) is 1.83. The van der Waals surface area contributed by atoms with Gasteiger partial charge in [0.2, 0.25) is 0 Å². The van der Waals surface area contributed by atoms with Crippen molar-refractivity contribution in [2.45, 2.75) is 12.5 Å². The molecule has 0 saturated carbocycles. The van der Waals surface area contributed by atoms with E-state index in [4.69, 9.17) is 4.74 Å². The predicted molar refractivity (Wildman–Crippen MR) is 48.3 cm³/mol. The predicted octanol–water partition coefficient (Wildman–Crippen LogP) is 1.19. The minimum Gasteiger partial charge on any atom is -0.379 e. The van der Waals surface area contributed by atoms with Crippen molar-refractivity contribution in [3.8, 4) is 0 Å². The molecule has 2 rings (SSSR count). The fraction of sp³-hybridized carbons (Fsp3) is 0.625. The maximum absolute atomic E-state index is 5.43. The molecule has 2 heterocycles. The molecule has 1 unspecified atom stereocenters. The van der Waals surface area contributed by atoms with Crippen LogP contribution in [0.25, 0.3) is 0 Å². The van der Waals surface area contributed by atoms with Gasteiger partial charge in [-0.3, -0.25) is 0 Å². The number of nitrogens with zero attached hydrogens (tertiary/aromatic N) is 1. The molecule has 1 aliphatic heterocycles. The zero-order chi connectivity index (χ0) is 8.23. The molecule has 0 radical (unpaired) electrons. The number of aromatic nitrogens is 1. The van der Waals surface area contributed by atoms with Crippen molar-refractivity contribution < 1.29 is 4.74 Å². The van der Waals surface area contributed by atoms with Crippen LogP contribution < -0.4 is 5.32 Å². The van der Waals surface area contributed by atoms with Gasteiger partial charge in [-0.1, -0.05) is 0 Å². The van der Waals surface area contributed by atoms with E-state index in [1.807, 2.05) is 5.51 Å². The van der Waals surface area contributed by atoms with Gasteiger partial charge in [0.1, 0.15) is 0 Å². The van der Waals surface area contributed by atoms with Gasteiger partial charge in [-0.2, -0.15) is 0 Å². The summed E-state index contributed by atoms with van der Waals surface area (Å²) in [6.07, 6.45) is 1.10. The van der Waals surface area contributed by atoms with Gasteiger partial charge in [0.05, 0.1) is 23.9 Å². The molecule has 4 heteroatoms. The first-order chi connectivity index (χ1) is 5.97. The summed E-state index contributed by atoms with van der Waals surface area (Å²) in [7, 11) is 0. The number of nitrogens with one attached hydrogen (secondary N) is 1. The second kappa shape index (κ2) is 3.98. The normalized spacial score (nSPS) is 25.2. The highest BCUT2D eigenvalue weighted by molar-refractivity contribution is 7.07. The van der Waals surface area contributed by atoms with Gasteiger partial charge in [0.25, 0.3) is 0 Å². The molecule has 1 saturated heterocycles. The smallest absolute Gasteiger partial charge is 0.0795 e. The van der Waals surface area contributed by atoms with Crippen molar-refractivity contribution in [2.75, 3.05) is 19.8 Å². The zero-order valence-electron chi connectivity index (χ0n) is 6.82. The number of hydrogen-bond acceptors (Lipinski definition) is 4. The molecule has 1 aromatic rings. The Hall–Kier alpha value is -0.450. The molecule has 1 fully saturated rings. The van der Waals surface area contributed by atoms with E-state index in [9.17, 15) is 0 Å². The summed E-state index contributed by atoms with van der Waals surface area (Å²) in [6.45, 7) is 2.65. The Bertz CT molecular complexity index is 217. The number of rotatable bonds is 1. The second-order valence-electron chi connectivity index (χ2n) is 2.85. The third-order valence-electron chi connectivity index (χ3n) is 1.95. The first-order valence-electron chi connectivity index (χ1n) is 4.16. The largest absolute Gasteiger partial charge is 0.379 e. The maximum Gasteiger partial charge on any atom is 0.0795 e. The molecule has 1 aliphatic rings. The Kier molecular flexibility index (Phi) is 2.71. The average molecular weight is 184 g/mol. The highest BCUT2D eigenvalue weighted by Crippen LogP contribution is 2.14. The molecule has 3 nitrogen and oxygen atoms in total. The summed E-state index contributed by atoms with van der Waals surface area (Å²) >= 11 is 1.63. The van der Waals surface area contributed by atoms with E-state index in [2.05, 4.69) is 15.7 Å². The molecule has 0 aromatic carbocycles. The lowest BCUT2D eigenvalue weighted by atomic mass is 10.2. The van der Waals surface area contributed by atoms with Gasteiger partial charge < -0.3 is 10.1 Å². The lowest BCUT2D eigenvalue weighted by molar-refractivity contribution is 0.131. The zero-order valence-corrected chi connectivity index (χ0v) is 7.64. The molecule has 0 spiro atoms. The van der Waals surface area contributed by atoms with Crippen LogP contribution in [0.4, 0.5) is 0 Å². The van der Waals surface area contributed by atoms with Gasteiger partial charge in [0, 0.05) is 12.0 Å². The molecular weight excluding hydrogens is 172 g/mol. The summed E-state index contributed by atoms with van der Waals surface area (Å²) in [4.78, 5) is 4.26. The van der Waals surface area contributed by atoms with Crippen molar-refractivity contribution in [3.63, 3.8) is 0 Å². The molecular formula is C8H12N2OS. The summed E-state index contributed by atoms with van der Waals surface area (Å²) in [5, 5.41) is 5.48. The van der Waals surface area contributed by atoms with Crippen molar-refractivity contribution >= 4 is 11.3 Å². The first kappa shape index (κ1) is 8.16. The molecule has 66 valence electrons. The fourth-order valence-electron chi connectivity index (χ4n) is 1.29. The van der Waals surface area contributed by atoms with E-state index >= 15 is 0 Å². The SMILES string of the molecule is c1nc(C2COCCCN2)cs1. The summed E-state index contributed by atoms with van der Waals surface area (Å²) in [5.74, 6) is 0. The standard InChI is InChI=1S/C8H12N2OS/c1-2-9-7(4-11-3-1)8-5-12-6-10-8/h5-7,9H,1-4H2. The van der Waals surface area contributed by atoms with E-state index in [1.54, 1.807) is 11.3 Å². The summed E-state index contributed by atoms with van der Waals surface area (Å²) in [5.41, 5.74) is 2.98. The van der Waals surface area contributed by atoms with Crippen LogP contribution in [0.15, 0.2) is 10.9 Å². The van der Waals surface area contributed by atoms with Gasteiger partial charge in [-0.25, -0.2) is 4.98 Å². The third-order valence-corrected chi connectivity index (χ3v) is 2.55. The summed E-state index contributed by atoms with van der Waals surface area (Å²) < 4.78 is 5.43. The van der Waals surface area contributed by atoms with Crippen LogP contribution in [0.1, 0.15) is 18.2 Å². The number of thiazole rings is 1. The first-order valence-corrected chi connectivity index (χ1v) is 5.10. The van der Waals surface area contributed by atoms with Crippen molar-refractivity contribution in [3.05, 3.63) is 16.6 Å². The molecule has 1 atom stereocenters. The average Bonchev–Trinajstić information content (AvgIpc) is 2.48. The summed E-state index contributed by atoms with van der Waals surface area (Å²) in [6, 6.07) is 0.304. The minimum atomic E-state index is 0.304. The Labute approximate surface area is 75.8 Å². The number of ether oxygens (including phenoxy) is 1.